The molecule has 4 aromatic rings. The Labute approximate surface area is 339 Å². The molecule has 11 rings (SSSR count). The largest absolute Gasteiger partial charge is 0.508 e. The molecule has 312 valence electrons. The van der Waals surface area contributed by atoms with Crippen LogP contribution in [-0.4, -0.2) is 112 Å². The number of phenolic OH excluding ortho intramolecular Hbond substituents is 1. The summed E-state index contributed by atoms with van der Waals surface area (Å²) in [5.41, 5.74) is -0.754. The smallest absolute Gasteiger partial charge is 0.319 e. The first-order valence-corrected chi connectivity index (χ1v) is 21.4. The number of hydrogen-bond acceptors (Lipinski definition) is 11. The molecule has 2 aromatic heterocycles. The Morgan fingerprint density at radius 3 is 2.55 bits per heavy atom. The lowest BCUT2D eigenvalue weighted by Gasteiger charge is -2.55. The van der Waals surface area contributed by atoms with Crippen LogP contribution < -0.4 is 9.64 Å². The van der Waals surface area contributed by atoms with Gasteiger partial charge in [0.15, 0.2) is 5.82 Å². The molecular weight excluding hydrogens is 745 g/mol. The molecule has 2 N–H and O–H groups in total. The van der Waals surface area contributed by atoms with Crippen LogP contribution in [0.4, 0.5) is 14.6 Å². The van der Waals surface area contributed by atoms with Crippen molar-refractivity contribution in [3.63, 3.8) is 0 Å². The molecule has 0 amide bonds. The lowest BCUT2D eigenvalue weighted by Crippen LogP contribution is -2.65. The van der Waals surface area contributed by atoms with Crippen molar-refractivity contribution in [2.75, 3.05) is 64.1 Å². The molecule has 3 unspecified atom stereocenters. The number of β-amino-alcohol motifs (C(OH)–C–C–N with tert-alkyl or cyclic N) is 1. The molecule has 0 radical (unpaired) electrons. The summed E-state index contributed by atoms with van der Waals surface area (Å²) in [5.74, 6) is -0.834. The Kier molecular flexibility index (Phi) is 9.90. The Hall–Kier alpha value is -3.75. The fourth-order valence-electron chi connectivity index (χ4n) is 11.8. The Bertz CT molecular complexity index is 2230. The number of aliphatic hydroxyl groups is 1. The summed E-state index contributed by atoms with van der Waals surface area (Å²) in [6, 6.07) is 6.31. The minimum atomic E-state index is -1.19. The van der Waals surface area contributed by atoms with Crippen molar-refractivity contribution in [3.05, 3.63) is 47.7 Å². The van der Waals surface area contributed by atoms with Crippen LogP contribution in [0.3, 0.4) is 0 Å². The number of aryl methyl sites for hydroxylation is 1. The number of halogens is 2. The van der Waals surface area contributed by atoms with E-state index in [1.54, 1.807) is 19.1 Å². The van der Waals surface area contributed by atoms with E-state index in [1.807, 2.05) is 25.7 Å². The number of likely N-dealkylation sites (tertiary alicyclic amines) is 1. The summed E-state index contributed by atoms with van der Waals surface area (Å²) in [7, 11) is 0. The highest BCUT2D eigenvalue weighted by atomic mass is 19.1. The molecule has 5 saturated heterocycles. The lowest BCUT2D eigenvalue weighted by atomic mass is 9.55. The van der Waals surface area contributed by atoms with Crippen LogP contribution in [0.15, 0.2) is 30.5 Å². The molecule has 7 aliphatic rings. The van der Waals surface area contributed by atoms with Gasteiger partial charge in [0, 0.05) is 41.7 Å². The topological polar surface area (TPSA) is 123 Å². The number of pyridine rings is 1. The van der Waals surface area contributed by atoms with Gasteiger partial charge in [-0.2, -0.15) is 9.97 Å². The minimum absolute atomic E-state index is 0.00197. The molecule has 7 fully saturated rings. The van der Waals surface area contributed by atoms with Crippen LogP contribution in [0.5, 0.6) is 11.8 Å². The lowest BCUT2D eigenvalue weighted by molar-refractivity contribution is -0.218. The molecule has 5 aliphatic heterocycles. The number of benzene rings is 2. The van der Waals surface area contributed by atoms with Crippen molar-refractivity contribution in [2.45, 2.75) is 109 Å². The number of aromatic nitrogens is 3. The predicted molar refractivity (Wildman–Crippen MR) is 217 cm³/mol. The van der Waals surface area contributed by atoms with Crippen molar-refractivity contribution in [3.8, 4) is 23.0 Å². The number of hydrogen-bond donors (Lipinski definition) is 2. The molecule has 2 bridgehead atoms. The number of ether oxygens (including phenoxy) is 4. The van der Waals surface area contributed by atoms with Crippen LogP contribution in [0, 0.1) is 22.5 Å². The highest BCUT2D eigenvalue weighted by molar-refractivity contribution is 6.01. The van der Waals surface area contributed by atoms with Gasteiger partial charge in [-0.15, -0.1) is 0 Å². The number of fused-ring (bicyclic) bond motifs is 3. The van der Waals surface area contributed by atoms with Gasteiger partial charge in [-0.05, 0) is 99.9 Å². The molecule has 1 spiro atoms. The van der Waals surface area contributed by atoms with Crippen molar-refractivity contribution < 1.29 is 37.9 Å². The third-order valence-corrected chi connectivity index (χ3v) is 14.1. The van der Waals surface area contributed by atoms with Gasteiger partial charge < -0.3 is 34.1 Å². The van der Waals surface area contributed by atoms with Crippen LogP contribution >= 0.6 is 0 Å². The van der Waals surface area contributed by atoms with Crippen molar-refractivity contribution in [2.24, 2.45) is 10.8 Å². The van der Waals surface area contributed by atoms with E-state index >= 15 is 8.78 Å². The van der Waals surface area contributed by atoms with Gasteiger partial charge in [0.2, 0.25) is 0 Å². The van der Waals surface area contributed by atoms with Crippen molar-refractivity contribution >= 4 is 27.5 Å². The molecule has 13 heteroatoms. The third kappa shape index (κ3) is 6.33. The van der Waals surface area contributed by atoms with Gasteiger partial charge in [0.05, 0.1) is 50.6 Å². The second-order valence-electron chi connectivity index (χ2n) is 18.3. The Morgan fingerprint density at radius 2 is 1.79 bits per heavy atom. The van der Waals surface area contributed by atoms with E-state index in [1.165, 1.54) is 18.3 Å². The summed E-state index contributed by atoms with van der Waals surface area (Å²) < 4.78 is 57.2. The molecule has 58 heavy (non-hydrogen) atoms. The van der Waals surface area contributed by atoms with Gasteiger partial charge in [-0.3, -0.25) is 9.88 Å². The first-order valence-electron chi connectivity index (χ1n) is 21.4. The molecule has 2 aromatic carbocycles. The zero-order valence-electron chi connectivity index (χ0n) is 34.5. The molecular formula is C45H57F2N5O6. The van der Waals surface area contributed by atoms with E-state index in [0.29, 0.717) is 73.0 Å². The number of rotatable bonds is 8. The predicted octanol–water partition coefficient (Wildman–Crippen LogP) is 7.36. The maximum atomic E-state index is 17.2. The maximum Gasteiger partial charge on any atom is 0.319 e. The van der Waals surface area contributed by atoms with Gasteiger partial charge in [0.1, 0.15) is 39.8 Å². The summed E-state index contributed by atoms with van der Waals surface area (Å²) in [6.45, 7) is 14.7. The van der Waals surface area contributed by atoms with E-state index in [2.05, 4.69) is 16.8 Å². The van der Waals surface area contributed by atoms with Crippen LogP contribution in [0.1, 0.15) is 85.1 Å². The number of piperidine rings is 1. The van der Waals surface area contributed by atoms with Gasteiger partial charge in [-0.25, -0.2) is 8.78 Å². The number of nitrogens with zero attached hydrogens (tertiary/aromatic N) is 5. The quantitative estimate of drug-likeness (QED) is 0.186. The molecule has 2 aliphatic carbocycles. The summed E-state index contributed by atoms with van der Waals surface area (Å²) in [5, 5.41) is 23.3. The first-order chi connectivity index (χ1) is 27.9. The van der Waals surface area contributed by atoms with E-state index < -0.39 is 17.2 Å². The van der Waals surface area contributed by atoms with Gasteiger partial charge in [-0.1, -0.05) is 33.3 Å². The average molecular weight is 802 g/mol. The number of anilines is 1. The first kappa shape index (κ1) is 39.7. The fraction of sp³-hybridized carbons (Fsp3) is 0.622. The SMILES string of the molecule is CC.CCc1c(F)ccc2cc(O)cc(-c3ncc4c(N5CCOCC(C)(O)C5)nc(OCC56CCCC5N(CC57CC(C)(C5)OC75COC5)CCC6)nc4c3F)c12. The highest BCUT2D eigenvalue weighted by Gasteiger charge is 2.76. The molecule has 7 heterocycles. The van der Waals surface area contributed by atoms with Crippen LogP contribution in [0.25, 0.3) is 32.9 Å². The molecule has 2 saturated carbocycles. The number of phenols is 1. The van der Waals surface area contributed by atoms with Crippen LogP contribution in [0.2, 0.25) is 0 Å². The summed E-state index contributed by atoms with van der Waals surface area (Å²) >= 11 is 0. The van der Waals surface area contributed by atoms with E-state index in [-0.39, 0.29) is 63.7 Å². The maximum absolute atomic E-state index is 17.2. The van der Waals surface area contributed by atoms with Gasteiger partial charge in [0.25, 0.3) is 0 Å². The second-order valence-corrected chi connectivity index (χ2v) is 18.3. The highest BCUT2D eigenvalue weighted by Crippen LogP contribution is 2.69. The fourth-order valence-corrected chi connectivity index (χ4v) is 11.8. The molecule has 3 atom stereocenters. The van der Waals surface area contributed by atoms with Gasteiger partial charge >= 0.3 is 6.01 Å². The summed E-state index contributed by atoms with van der Waals surface area (Å²) in [6.07, 6.45) is 9.36. The molecule has 11 nitrogen and oxygen atoms in total. The van der Waals surface area contributed by atoms with E-state index in [4.69, 9.17) is 28.9 Å². The third-order valence-electron chi connectivity index (χ3n) is 14.1. The van der Waals surface area contributed by atoms with E-state index in [9.17, 15) is 10.2 Å². The summed E-state index contributed by atoms with van der Waals surface area (Å²) in [4.78, 5) is 18.9. The Morgan fingerprint density at radius 1 is 1.00 bits per heavy atom. The normalized spacial score (nSPS) is 31.4. The number of aromatic hydroxyl groups is 1. The van der Waals surface area contributed by atoms with Crippen LogP contribution in [-0.2, 0) is 20.6 Å². The zero-order valence-corrected chi connectivity index (χ0v) is 34.5. The van der Waals surface area contributed by atoms with Crippen molar-refractivity contribution in [1.29, 1.82) is 0 Å². The zero-order chi connectivity index (χ0) is 40.7. The Balaban J connectivity index is 0.00000215. The standard InChI is InChI=1S/C43H51F2N5O6.C2H6/c1-4-28-31(44)9-8-26-15-27(51)16-29(33(26)28)35-34(45)36-30(17-46-35)37(50-13-14-53-22-39(2,52)20-50)48-38(47-36)55-23-41-10-5-7-32(41)49(12-6-11-41)21-42-18-40(3,19-42)56-43(42)24-54-25-43;1-2/h8-9,15-17,32,51-52H,4-7,10-14,18-25H2,1-3H3;1-2H3. The van der Waals surface area contributed by atoms with Crippen molar-refractivity contribution in [1.82, 2.24) is 19.9 Å². The second kappa shape index (κ2) is 14.5. The average Bonchev–Trinajstić information content (AvgIpc) is 3.76. The van der Waals surface area contributed by atoms with E-state index in [0.717, 1.165) is 58.0 Å². The minimum Gasteiger partial charge on any atom is -0.508 e. The monoisotopic (exact) mass is 801 g/mol.